The van der Waals surface area contributed by atoms with Gasteiger partial charge in [0.05, 0.1) is 5.56 Å². The Bertz CT molecular complexity index is 506. The van der Waals surface area contributed by atoms with E-state index in [4.69, 9.17) is 5.73 Å². The second-order valence-electron chi connectivity index (χ2n) is 6.29. The summed E-state index contributed by atoms with van der Waals surface area (Å²) in [7, 11) is 0. The number of hydrogen-bond acceptors (Lipinski definition) is 2. The Morgan fingerprint density at radius 1 is 1.20 bits per heavy atom. The van der Waals surface area contributed by atoms with Crippen LogP contribution in [0, 0.1) is 12.8 Å². The number of anilines is 1. The molecule has 0 radical (unpaired) electrons. The molecule has 1 aromatic rings. The first-order chi connectivity index (χ1) is 9.68. The molecule has 2 N–H and O–H groups in total. The molecular formula is C17H24N2O. The Morgan fingerprint density at radius 3 is 2.70 bits per heavy atom. The lowest BCUT2D eigenvalue weighted by atomic mass is 9.95. The summed E-state index contributed by atoms with van der Waals surface area (Å²) >= 11 is 0. The molecule has 0 bridgehead atoms. The molecule has 1 unspecified atom stereocenters. The highest BCUT2D eigenvalue weighted by atomic mass is 16.2. The third-order valence-electron chi connectivity index (χ3n) is 5.06. The van der Waals surface area contributed by atoms with Crippen molar-refractivity contribution in [3.05, 3.63) is 29.3 Å². The molecule has 1 atom stereocenters. The van der Waals surface area contributed by atoms with Crippen LogP contribution in [-0.2, 0) is 0 Å². The van der Waals surface area contributed by atoms with Crippen molar-refractivity contribution in [3.63, 3.8) is 0 Å². The molecular weight excluding hydrogens is 248 g/mol. The van der Waals surface area contributed by atoms with Crippen LogP contribution in [0.25, 0.3) is 0 Å². The topological polar surface area (TPSA) is 46.3 Å². The van der Waals surface area contributed by atoms with E-state index in [9.17, 15) is 4.79 Å². The van der Waals surface area contributed by atoms with E-state index >= 15 is 0 Å². The lowest BCUT2D eigenvalue weighted by molar-refractivity contribution is 0.0690. The zero-order chi connectivity index (χ0) is 14.1. The standard InChI is InChI=1S/C17H24N2O/c1-12-6-4-9-14(16(12)18)17(20)19-11-5-10-15(19)13-7-2-3-8-13/h4,6,9,13,15H,2-3,5,7-8,10-11,18H2,1H3. The van der Waals surface area contributed by atoms with E-state index in [1.54, 1.807) is 0 Å². The number of carbonyl (C=O) groups is 1. The van der Waals surface area contributed by atoms with E-state index in [0.29, 0.717) is 23.2 Å². The third kappa shape index (κ3) is 2.30. The van der Waals surface area contributed by atoms with Crippen molar-refractivity contribution < 1.29 is 4.79 Å². The van der Waals surface area contributed by atoms with Crippen LogP contribution in [0.3, 0.4) is 0 Å². The quantitative estimate of drug-likeness (QED) is 0.839. The highest BCUT2D eigenvalue weighted by Crippen LogP contribution is 2.36. The highest BCUT2D eigenvalue weighted by Gasteiger charge is 2.36. The van der Waals surface area contributed by atoms with Gasteiger partial charge in [0.25, 0.3) is 5.91 Å². The minimum Gasteiger partial charge on any atom is -0.398 e. The molecule has 2 aliphatic rings. The van der Waals surface area contributed by atoms with E-state index < -0.39 is 0 Å². The van der Waals surface area contributed by atoms with E-state index in [-0.39, 0.29) is 5.91 Å². The average Bonchev–Trinajstić information content (AvgIpc) is 3.10. The predicted molar refractivity (Wildman–Crippen MR) is 81.6 cm³/mol. The van der Waals surface area contributed by atoms with Gasteiger partial charge >= 0.3 is 0 Å². The Kier molecular flexibility index (Phi) is 3.68. The Hall–Kier alpha value is -1.51. The van der Waals surface area contributed by atoms with Gasteiger partial charge in [0.2, 0.25) is 0 Å². The molecule has 3 nitrogen and oxygen atoms in total. The van der Waals surface area contributed by atoms with Gasteiger partial charge in [-0.1, -0.05) is 25.0 Å². The molecule has 1 aliphatic heterocycles. The molecule has 1 amide bonds. The minimum atomic E-state index is 0.139. The van der Waals surface area contributed by atoms with Crippen LogP contribution in [0.5, 0.6) is 0 Å². The SMILES string of the molecule is Cc1cccc(C(=O)N2CCCC2C2CCCC2)c1N. The lowest BCUT2D eigenvalue weighted by Gasteiger charge is -2.30. The summed E-state index contributed by atoms with van der Waals surface area (Å²) in [6.45, 7) is 2.86. The number of aryl methyl sites for hydroxylation is 1. The molecule has 1 aliphatic carbocycles. The predicted octanol–water partition coefficient (Wildman–Crippen LogP) is 3.37. The molecule has 2 fully saturated rings. The van der Waals surface area contributed by atoms with Crippen molar-refractivity contribution >= 4 is 11.6 Å². The van der Waals surface area contributed by atoms with Gasteiger partial charge in [-0.3, -0.25) is 4.79 Å². The number of hydrogen-bond donors (Lipinski definition) is 1. The maximum atomic E-state index is 12.8. The number of nitrogens with zero attached hydrogens (tertiary/aromatic N) is 1. The fraction of sp³-hybridized carbons (Fsp3) is 0.588. The molecule has 0 spiro atoms. The van der Waals surface area contributed by atoms with Crippen molar-refractivity contribution in [1.82, 2.24) is 4.90 Å². The van der Waals surface area contributed by atoms with E-state index in [0.717, 1.165) is 18.5 Å². The molecule has 3 rings (SSSR count). The second kappa shape index (κ2) is 5.47. The van der Waals surface area contributed by atoms with Crippen LogP contribution in [0.2, 0.25) is 0 Å². The molecule has 1 aromatic carbocycles. The second-order valence-corrected chi connectivity index (χ2v) is 6.29. The van der Waals surface area contributed by atoms with Gasteiger partial charge in [-0.2, -0.15) is 0 Å². The van der Waals surface area contributed by atoms with Gasteiger partial charge in [-0.15, -0.1) is 0 Å². The van der Waals surface area contributed by atoms with Crippen LogP contribution in [0.15, 0.2) is 18.2 Å². The van der Waals surface area contributed by atoms with Crippen LogP contribution >= 0.6 is 0 Å². The molecule has 1 saturated heterocycles. The fourth-order valence-corrected chi connectivity index (χ4v) is 3.90. The van der Waals surface area contributed by atoms with Crippen molar-refractivity contribution in [1.29, 1.82) is 0 Å². The van der Waals surface area contributed by atoms with Crippen molar-refractivity contribution in [3.8, 4) is 0 Å². The Labute approximate surface area is 121 Å². The minimum absolute atomic E-state index is 0.139. The zero-order valence-corrected chi connectivity index (χ0v) is 12.3. The Morgan fingerprint density at radius 2 is 1.95 bits per heavy atom. The molecule has 1 saturated carbocycles. The van der Waals surface area contributed by atoms with Crippen molar-refractivity contribution in [2.24, 2.45) is 5.92 Å². The fourth-order valence-electron chi connectivity index (χ4n) is 3.90. The summed E-state index contributed by atoms with van der Waals surface area (Å²) in [6.07, 6.45) is 7.54. The van der Waals surface area contributed by atoms with E-state index in [2.05, 4.69) is 4.90 Å². The van der Waals surface area contributed by atoms with Crippen LogP contribution in [0.1, 0.15) is 54.4 Å². The number of nitrogens with two attached hydrogens (primary N) is 1. The van der Waals surface area contributed by atoms with Crippen LogP contribution in [0.4, 0.5) is 5.69 Å². The first kappa shape index (κ1) is 13.5. The summed E-state index contributed by atoms with van der Waals surface area (Å²) < 4.78 is 0. The molecule has 3 heteroatoms. The maximum absolute atomic E-state index is 12.8. The lowest BCUT2D eigenvalue weighted by Crippen LogP contribution is -2.39. The largest absolute Gasteiger partial charge is 0.398 e. The van der Waals surface area contributed by atoms with E-state index in [1.165, 1.54) is 32.1 Å². The van der Waals surface area contributed by atoms with E-state index in [1.807, 2.05) is 25.1 Å². The number of amides is 1. The molecule has 20 heavy (non-hydrogen) atoms. The van der Waals surface area contributed by atoms with Crippen LogP contribution < -0.4 is 5.73 Å². The van der Waals surface area contributed by atoms with Crippen molar-refractivity contribution in [2.75, 3.05) is 12.3 Å². The zero-order valence-electron chi connectivity index (χ0n) is 12.3. The summed E-state index contributed by atoms with van der Waals surface area (Å²) in [5.74, 6) is 0.855. The van der Waals surface area contributed by atoms with Gasteiger partial charge < -0.3 is 10.6 Å². The number of para-hydroxylation sites is 1. The molecule has 108 valence electrons. The van der Waals surface area contributed by atoms with Gasteiger partial charge in [-0.05, 0) is 50.2 Å². The van der Waals surface area contributed by atoms with Gasteiger partial charge in [0, 0.05) is 18.3 Å². The number of benzene rings is 1. The number of rotatable bonds is 2. The van der Waals surface area contributed by atoms with Gasteiger partial charge in [-0.25, -0.2) is 0 Å². The monoisotopic (exact) mass is 272 g/mol. The normalized spacial score (nSPS) is 23.4. The van der Waals surface area contributed by atoms with Gasteiger partial charge in [0.15, 0.2) is 0 Å². The molecule has 1 heterocycles. The summed E-state index contributed by atoms with van der Waals surface area (Å²) in [6, 6.07) is 6.21. The third-order valence-corrected chi connectivity index (χ3v) is 5.06. The number of nitrogen functional groups attached to an aromatic ring is 1. The first-order valence-corrected chi connectivity index (χ1v) is 7.84. The first-order valence-electron chi connectivity index (χ1n) is 7.84. The number of likely N-dealkylation sites (tertiary alicyclic amines) is 1. The van der Waals surface area contributed by atoms with Gasteiger partial charge in [0.1, 0.15) is 0 Å². The number of carbonyl (C=O) groups excluding carboxylic acids is 1. The van der Waals surface area contributed by atoms with Crippen molar-refractivity contribution in [2.45, 2.75) is 51.5 Å². The van der Waals surface area contributed by atoms with Crippen LogP contribution in [-0.4, -0.2) is 23.4 Å². The smallest absolute Gasteiger partial charge is 0.256 e. The molecule has 0 aromatic heterocycles. The maximum Gasteiger partial charge on any atom is 0.256 e. The Balaban J connectivity index is 1.83. The summed E-state index contributed by atoms with van der Waals surface area (Å²) in [4.78, 5) is 14.9. The highest BCUT2D eigenvalue weighted by molar-refractivity contribution is 6.00. The average molecular weight is 272 g/mol. The summed E-state index contributed by atoms with van der Waals surface area (Å²) in [5.41, 5.74) is 8.43. The summed E-state index contributed by atoms with van der Waals surface area (Å²) in [5, 5.41) is 0.